The van der Waals surface area contributed by atoms with Gasteiger partial charge in [-0.1, -0.05) is 59.6 Å². The lowest BCUT2D eigenvalue weighted by atomic mass is 10.0. The van der Waals surface area contributed by atoms with Gasteiger partial charge in [-0.15, -0.1) is 0 Å². The first-order valence-electron chi connectivity index (χ1n) is 8.01. The highest BCUT2D eigenvalue weighted by atomic mass is 35.5. The largest absolute Gasteiger partial charge is 0.350 e. The van der Waals surface area contributed by atoms with Crippen molar-refractivity contribution in [3.05, 3.63) is 69.7 Å². The van der Waals surface area contributed by atoms with Crippen molar-refractivity contribution in [1.82, 2.24) is 5.32 Å². The molecule has 0 fully saturated rings. The highest BCUT2D eigenvalue weighted by Gasteiger charge is 2.18. The van der Waals surface area contributed by atoms with Gasteiger partial charge >= 0.3 is 0 Å². The van der Waals surface area contributed by atoms with Crippen molar-refractivity contribution in [3.8, 4) is 0 Å². The molecule has 1 atom stereocenters. The van der Waals surface area contributed by atoms with Crippen molar-refractivity contribution in [3.63, 3.8) is 0 Å². The van der Waals surface area contributed by atoms with E-state index in [2.05, 4.69) is 31.5 Å². The third-order valence-electron chi connectivity index (χ3n) is 4.09. The van der Waals surface area contributed by atoms with E-state index < -0.39 is 0 Å². The van der Waals surface area contributed by atoms with Gasteiger partial charge in [0, 0.05) is 16.5 Å². The monoisotopic (exact) mass is 365 g/mol. The maximum absolute atomic E-state index is 12.3. The summed E-state index contributed by atoms with van der Waals surface area (Å²) in [7, 11) is 4.20. The SMILES string of the molecule is C[NH+](C)[C@@H](CNC(=O)Cc1c(Cl)cccc1Cl)Cc1ccccc1. The molecular formula is C19H23Cl2N2O+. The van der Waals surface area contributed by atoms with E-state index in [1.165, 1.54) is 10.5 Å². The molecule has 0 bridgehead atoms. The summed E-state index contributed by atoms with van der Waals surface area (Å²) in [6, 6.07) is 15.9. The number of carbonyl (C=O) groups is 1. The number of amides is 1. The summed E-state index contributed by atoms with van der Waals surface area (Å²) in [5.41, 5.74) is 1.95. The molecule has 2 N–H and O–H groups in total. The number of halogens is 2. The Morgan fingerprint density at radius 2 is 1.67 bits per heavy atom. The van der Waals surface area contributed by atoms with Crippen LogP contribution in [0.3, 0.4) is 0 Å². The van der Waals surface area contributed by atoms with Crippen molar-refractivity contribution < 1.29 is 9.69 Å². The molecule has 2 aromatic carbocycles. The molecule has 0 aliphatic rings. The van der Waals surface area contributed by atoms with E-state index in [9.17, 15) is 4.79 Å². The van der Waals surface area contributed by atoms with Crippen LogP contribution >= 0.6 is 23.2 Å². The zero-order valence-electron chi connectivity index (χ0n) is 14.0. The number of hydrogen-bond donors (Lipinski definition) is 2. The van der Waals surface area contributed by atoms with Crippen LogP contribution in [0.5, 0.6) is 0 Å². The third kappa shape index (κ3) is 5.52. The fourth-order valence-corrected chi connectivity index (χ4v) is 3.07. The van der Waals surface area contributed by atoms with Crippen LogP contribution in [0.4, 0.5) is 0 Å². The molecule has 0 unspecified atom stereocenters. The lowest BCUT2D eigenvalue weighted by Crippen LogP contribution is -3.11. The minimum Gasteiger partial charge on any atom is -0.350 e. The van der Waals surface area contributed by atoms with E-state index in [1.807, 2.05) is 18.2 Å². The second kappa shape index (κ2) is 9.07. The zero-order chi connectivity index (χ0) is 17.5. The second-order valence-electron chi connectivity index (χ2n) is 6.15. The van der Waals surface area contributed by atoms with Gasteiger partial charge in [0.15, 0.2) is 0 Å². The molecule has 3 nitrogen and oxygen atoms in total. The average Bonchev–Trinajstić information content (AvgIpc) is 2.55. The van der Waals surface area contributed by atoms with Gasteiger partial charge in [0.25, 0.3) is 0 Å². The summed E-state index contributed by atoms with van der Waals surface area (Å²) < 4.78 is 0. The highest BCUT2D eigenvalue weighted by Crippen LogP contribution is 2.24. The molecule has 2 rings (SSSR count). The van der Waals surface area contributed by atoms with E-state index in [1.54, 1.807) is 18.2 Å². The normalized spacial score (nSPS) is 12.2. The van der Waals surface area contributed by atoms with E-state index in [-0.39, 0.29) is 12.3 Å². The number of likely N-dealkylation sites (N-methyl/N-ethyl adjacent to an activating group) is 1. The molecule has 0 heterocycles. The van der Waals surface area contributed by atoms with E-state index in [0.29, 0.717) is 28.2 Å². The van der Waals surface area contributed by atoms with Gasteiger partial charge in [-0.25, -0.2) is 0 Å². The molecular weight excluding hydrogens is 343 g/mol. The van der Waals surface area contributed by atoms with Crippen molar-refractivity contribution >= 4 is 29.1 Å². The first-order valence-corrected chi connectivity index (χ1v) is 8.76. The van der Waals surface area contributed by atoms with Gasteiger partial charge < -0.3 is 10.2 Å². The first kappa shape index (κ1) is 18.8. The number of quaternary nitrogens is 1. The Hall–Kier alpha value is -1.55. The molecule has 5 heteroatoms. The predicted octanol–water partition coefficient (Wildman–Crippen LogP) is 2.41. The van der Waals surface area contributed by atoms with E-state index in [0.717, 1.165) is 6.42 Å². The molecule has 24 heavy (non-hydrogen) atoms. The lowest BCUT2D eigenvalue weighted by Gasteiger charge is -2.22. The van der Waals surface area contributed by atoms with Crippen LogP contribution in [-0.2, 0) is 17.6 Å². The Balaban J connectivity index is 1.93. The van der Waals surface area contributed by atoms with E-state index >= 15 is 0 Å². The molecule has 1 amide bonds. The fraction of sp³-hybridized carbons (Fsp3) is 0.316. The average molecular weight is 366 g/mol. The molecule has 0 aromatic heterocycles. The molecule has 0 spiro atoms. The third-order valence-corrected chi connectivity index (χ3v) is 4.79. The summed E-state index contributed by atoms with van der Waals surface area (Å²) in [6.07, 6.45) is 1.11. The van der Waals surface area contributed by atoms with Gasteiger partial charge in [0.2, 0.25) is 5.91 Å². The van der Waals surface area contributed by atoms with Gasteiger partial charge in [-0.3, -0.25) is 4.79 Å². The van der Waals surface area contributed by atoms with Crippen LogP contribution in [0.15, 0.2) is 48.5 Å². The van der Waals surface area contributed by atoms with Crippen LogP contribution in [-0.4, -0.2) is 32.6 Å². The topological polar surface area (TPSA) is 33.5 Å². The summed E-state index contributed by atoms with van der Waals surface area (Å²) in [5.74, 6) is -0.0655. The number of rotatable bonds is 7. The lowest BCUT2D eigenvalue weighted by molar-refractivity contribution is -0.884. The van der Waals surface area contributed by atoms with E-state index in [4.69, 9.17) is 23.2 Å². The van der Waals surface area contributed by atoms with Gasteiger partial charge in [0.05, 0.1) is 27.1 Å². The zero-order valence-corrected chi connectivity index (χ0v) is 15.5. The Bertz CT molecular complexity index is 654. The minimum atomic E-state index is -0.0655. The van der Waals surface area contributed by atoms with Crippen LogP contribution in [0.1, 0.15) is 11.1 Å². The molecule has 0 saturated heterocycles. The van der Waals surface area contributed by atoms with Crippen molar-refractivity contribution in [1.29, 1.82) is 0 Å². The van der Waals surface area contributed by atoms with Crippen LogP contribution in [0, 0.1) is 0 Å². The molecule has 128 valence electrons. The van der Waals surface area contributed by atoms with Crippen LogP contribution in [0.2, 0.25) is 10.0 Å². The Morgan fingerprint density at radius 1 is 1.04 bits per heavy atom. The minimum absolute atomic E-state index is 0.0655. The predicted molar refractivity (Wildman–Crippen MR) is 99.9 cm³/mol. The molecule has 2 aromatic rings. The quantitative estimate of drug-likeness (QED) is 0.775. The van der Waals surface area contributed by atoms with Crippen molar-refractivity contribution in [2.75, 3.05) is 20.6 Å². The molecule has 0 aliphatic carbocycles. The smallest absolute Gasteiger partial charge is 0.224 e. The molecule has 0 radical (unpaired) electrons. The standard InChI is InChI=1S/C19H22Cl2N2O/c1-23(2)15(11-14-7-4-3-5-8-14)13-22-19(24)12-16-17(20)9-6-10-18(16)21/h3-10,15H,11-13H2,1-2H3,(H,22,24)/p+1/t15-/m1/s1. The Labute approximate surface area is 153 Å². The summed E-state index contributed by atoms with van der Waals surface area (Å²) in [4.78, 5) is 13.6. The maximum atomic E-state index is 12.3. The number of benzene rings is 2. The number of carbonyl (C=O) groups excluding carboxylic acids is 1. The number of nitrogens with one attached hydrogen (secondary N) is 2. The summed E-state index contributed by atoms with van der Waals surface area (Å²) in [5, 5.41) is 4.06. The molecule has 0 saturated carbocycles. The highest BCUT2D eigenvalue weighted by molar-refractivity contribution is 6.36. The van der Waals surface area contributed by atoms with Crippen LogP contribution in [0.25, 0.3) is 0 Å². The van der Waals surface area contributed by atoms with Gasteiger partial charge in [-0.2, -0.15) is 0 Å². The van der Waals surface area contributed by atoms with Crippen LogP contribution < -0.4 is 10.2 Å². The van der Waals surface area contributed by atoms with Crippen molar-refractivity contribution in [2.24, 2.45) is 0 Å². The maximum Gasteiger partial charge on any atom is 0.224 e. The second-order valence-corrected chi connectivity index (χ2v) is 6.96. The Morgan fingerprint density at radius 3 is 2.25 bits per heavy atom. The first-order chi connectivity index (χ1) is 11.5. The molecule has 0 aliphatic heterocycles. The summed E-state index contributed by atoms with van der Waals surface area (Å²) in [6.45, 7) is 0.609. The number of hydrogen-bond acceptors (Lipinski definition) is 1. The van der Waals surface area contributed by atoms with Gasteiger partial charge in [0.1, 0.15) is 6.04 Å². The van der Waals surface area contributed by atoms with Crippen molar-refractivity contribution in [2.45, 2.75) is 18.9 Å². The fourth-order valence-electron chi connectivity index (χ4n) is 2.54. The summed E-state index contributed by atoms with van der Waals surface area (Å²) >= 11 is 12.3. The Kier molecular flexibility index (Phi) is 7.10. The van der Waals surface area contributed by atoms with Gasteiger partial charge in [-0.05, 0) is 23.3 Å².